The van der Waals surface area contributed by atoms with Gasteiger partial charge in [0.25, 0.3) is 5.91 Å². The highest BCUT2D eigenvalue weighted by Gasteiger charge is 2.56. The average molecular weight is 294 g/mol. The minimum absolute atomic E-state index is 0.101. The molecule has 1 aromatic rings. The van der Waals surface area contributed by atoms with Crippen molar-refractivity contribution in [2.24, 2.45) is 11.3 Å². The molecule has 1 amide bonds. The number of hydrogen-bond acceptors (Lipinski definition) is 4. The van der Waals surface area contributed by atoms with Crippen LogP contribution in [0.15, 0.2) is 0 Å². The number of rotatable bonds is 2. The predicted molar refractivity (Wildman–Crippen MR) is 74.9 cm³/mol. The summed E-state index contributed by atoms with van der Waals surface area (Å²) in [5.41, 5.74) is -0.220. The third-order valence-electron chi connectivity index (χ3n) is 4.69. The fraction of sp³-hybridized carbons (Fsp3) is 0.643. The second kappa shape index (κ2) is 4.55. The van der Waals surface area contributed by atoms with Crippen LogP contribution >= 0.6 is 11.3 Å². The number of carbonyl (C=O) groups excluding carboxylic acids is 1. The topological polar surface area (TPSA) is 70.5 Å². The number of carboxylic acids is 1. The Kier molecular flexibility index (Phi) is 3.08. The van der Waals surface area contributed by atoms with Crippen LogP contribution < -0.4 is 0 Å². The third-order valence-corrected chi connectivity index (χ3v) is 5.58. The molecule has 5 nitrogen and oxygen atoms in total. The molecule has 0 radical (unpaired) electrons. The van der Waals surface area contributed by atoms with Gasteiger partial charge in [-0.2, -0.15) is 0 Å². The zero-order valence-corrected chi connectivity index (χ0v) is 12.5. The summed E-state index contributed by atoms with van der Waals surface area (Å²) in [6.45, 7) is 4.66. The molecule has 0 unspecified atom stereocenters. The number of nitrogens with zero attached hydrogens (tertiary/aromatic N) is 2. The van der Waals surface area contributed by atoms with Gasteiger partial charge >= 0.3 is 5.97 Å². The molecule has 1 saturated carbocycles. The SMILES string of the molecule is Cc1nc(C(=O)N2C[C@@H]3CCC[C@@]3(C(=O)O)C2)c(C)s1. The van der Waals surface area contributed by atoms with Crippen LogP contribution in [0.25, 0.3) is 0 Å². The van der Waals surface area contributed by atoms with Crippen LogP contribution in [0.1, 0.15) is 39.6 Å². The van der Waals surface area contributed by atoms with Crippen LogP contribution in [0, 0.1) is 25.2 Å². The number of fused-ring (bicyclic) bond motifs is 1. The van der Waals surface area contributed by atoms with Gasteiger partial charge in [-0.1, -0.05) is 6.42 Å². The summed E-state index contributed by atoms with van der Waals surface area (Å²) in [5, 5.41) is 10.4. The Morgan fingerprint density at radius 1 is 1.45 bits per heavy atom. The van der Waals surface area contributed by atoms with Gasteiger partial charge in [0.1, 0.15) is 5.69 Å². The fourth-order valence-corrected chi connectivity index (χ4v) is 4.48. The number of hydrogen-bond donors (Lipinski definition) is 1. The molecular formula is C14H18N2O3S. The molecule has 1 aromatic heterocycles. The Labute approximate surface area is 121 Å². The van der Waals surface area contributed by atoms with Crippen molar-refractivity contribution in [3.8, 4) is 0 Å². The van der Waals surface area contributed by atoms with Gasteiger partial charge in [0, 0.05) is 18.0 Å². The fourth-order valence-electron chi connectivity index (χ4n) is 3.67. The normalized spacial score (nSPS) is 28.7. The minimum Gasteiger partial charge on any atom is -0.481 e. The van der Waals surface area contributed by atoms with Crippen molar-refractivity contribution >= 4 is 23.2 Å². The standard InChI is InChI=1S/C14H18N2O3S/c1-8-11(15-9(2)20-8)12(17)16-6-10-4-3-5-14(10,7-16)13(18)19/h10H,3-7H2,1-2H3,(H,18,19)/t10-,14+/m0/s1. The van der Waals surface area contributed by atoms with Gasteiger partial charge in [-0.15, -0.1) is 11.3 Å². The zero-order valence-electron chi connectivity index (χ0n) is 11.7. The first-order valence-corrected chi connectivity index (χ1v) is 7.72. The predicted octanol–water partition coefficient (Wildman–Crippen LogP) is 2.09. The van der Waals surface area contributed by atoms with Crippen molar-refractivity contribution in [2.75, 3.05) is 13.1 Å². The maximum absolute atomic E-state index is 12.6. The van der Waals surface area contributed by atoms with E-state index >= 15 is 0 Å². The van der Waals surface area contributed by atoms with Crippen molar-refractivity contribution < 1.29 is 14.7 Å². The van der Waals surface area contributed by atoms with Crippen molar-refractivity contribution in [3.05, 3.63) is 15.6 Å². The molecule has 1 N–H and O–H groups in total. The van der Waals surface area contributed by atoms with Crippen LogP contribution in [-0.2, 0) is 4.79 Å². The molecule has 0 spiro atoms. The van der Waals surface area contributed by atoms with Crippen molar-refractivity contribution in [3.63, 3.8) is 0 Å². The lowest BCUT2D eigenvalue weighted by atomic mass is 9.81. The lowest BCUT2D eigenvalue weighted by molar-refractivity contribution is -0.149. The minimum atomic E-state index is -0.749. The van der Waals surface area contributed by atoms with Crippen molar-refractivity contribution in [2.45, 2.75) is 33.1 Å². The van der Waals surface area contributed by atoms with Gasteiger partial charge in [0.05, 0.1) is 10.4 Å². The Balaban J connectivity index is 1.85. The molecule has 0 bridgehead atoms. The molecule has 6 heteroatoms. The first kappa shape index (κ1) is 13.5. The first-order chi connectivity index (χ1) is 9.44. The molecule has 3 rings (SSSR count). The number of aromatic nitrogens is 1. The summed E-state index contributed by atoms with van der Waals surface area (Å²) in [5.74, 6) is -0.757. The maximum Gasteiger partial charge on any atom is 0.311 e. The van der Waals surface area contributed by atoms with Crippen LogP contribution in [-0.4, -0.2) is 40.0 Å². The van der Waals surface area contributed by atoms with E-state index in [2.05, 4.69) is 4.98 Å². The molecule has 2 heterocycles. The molecule has 20 heavy (non-hydrogen) atoms. The van der Waals surface area contributed by atoms with Gasteiger partial charge in [-0.25, -0.2) is 4.98 Å². The average Bonchev–Trinajstić information content (AvgIpc) is 2.99. The number of amides is 1. The number of aliphatic carboxylic acids is 1. The Morgan fingerprint density at radius 2 is 2.20 bits per heavy atom. The van der Waals surface area contributed by atoms with Crippen LogP contribution in [0.2, 0.25) is 0 Å². The van der Waals surface area contributed by atoms with Gasteiger partial charge in [-0.05, 0) is 32.6 Å². The number of carboxylic acid groups (broad SMARTS) is 1. The molecule has 2 aliphatic rings. The van der Waals surface area contributed by atoms with Crippen molar-refractivity contribution in [1.82, 2.24) is 9.88 Å². The quantitative estimate of drug-likeness (QED) is 0.906. The second-order valence-corrected chi connectivity index (χ2v) is 7.28. The molecule has 1 saturated heterocycles. The van der Waals surface area contributed by atoms with E-state index in [4.69, 9.17) is 0 Å². The molecular weight excluding hydrogens is 276 g/mol. The third kappa shape index (κ3) is 1.85. The van der Waals surface area contributed by atoms with E-state index in [1.54, 1.807) is 4.90 Å². The number of likely N-dealkylation sites (tertiary alicyclic amines) is 1. The summed E-state index contributed by atoms with van der Waals surface area (Å²) in [6.07, 6.45) is 2.55. The monoisotopic (exact) mass is 294 g/mol. The van der Waals surface area contributed by atoms with Gasteiger partial charge < -0.3 is 10.0 Å². The summed E-state index contributed by atoms with van der Waals surface area (Å²) in [6, 6.07) is 0. The van der Waals surface area contributed by atoms with E-state index in [0.717, 1.165) is 22.7 Å². The Hall–Kier alpha value is -1.43. The highest BCUT2D eigenvalue weighted by molar-refractivity contribution is 7.11. The van der Waals surface area contributed by atoms with E-state index in [1.165, 1.54) is 11.3 Å². The molecule has 0 aromatic carbocycles. The van der Waals surface area contributed by atoms with Gasteiger partial charge in [-0.3, -0.25) is 9.59 Å². The van der Waals surface area contributed by atoms with Crippen molar-refractivity contribution in [1.29, 1.82) is 0 Å². The highest BCUT2D eigenvalue weighted by Crippen LogP contribution is 2.49. The van der Waals surface area contributed by atoms with Crippen LogP contribution in [0.5, 0.6) is 0 Å². The lowest BCUT2D eigenvalue weighted by Crippen LogP contribution is -2.37. The highest BCUT2D eigenvalue weighted by atomic mass is 32.1. The number of aryl methyl sites for hydroxylation is 2. The van der Waals surface area contributed by atoms with Crippen LogP contribution in [0.3, 0.4) is 0 Å². The molecule has 2 atom stereocenters. The molecule has 1 aliphatic heterocycles. The summed E-state index contributed by atoms with van der Waals surface area (Å²) >= 11 is 1.51. The lowest BCUT2D eigenvalue weighted by Gasteiger charge is -2.23. The summed E-state index contributed by atoms with van der Waals surface area (Å²) < 4.78 is 0. The van der Waals surface area contributed by atoms with Crippen LogP contribution in [0.4, 0.5) is 0 Å². The Bertz CT molecular complexity index is 583. The smallest absolute Gasteiger partial charge is 0.311 e. The van der Waals surface area contributed by atoms with E-state index in [9.17, 15) is 14.7 Å². The number of thiazole rings is 1. The summed E-state index contributed by atoms with van der Waals surface area (Å²) in [7, 11) is 0. The molecule has 108 valence electrons. The van der Waals surface area contributed by atoms with E-state index < -0.39 is 11.4 Å². The maximum atomic E-state index is 12.6. The zero-order chi connectivity index (χ0) is 14.5. The summed E-state index contributed by atoms with van der Waals surface area (Å²) in [4.78, 5) is 31.1. The largest absolute Gasteiger partial charge is 0.481 e. The number of carbonyl (C=O) groups is 2. The van der Waals surface area contributed by atoms with E-state index in [1.807, 2.05) is 13.8 Å². The van der Waals surface area contributed by atoms with Gasteiger partial charge in [0.2, 0.25) is 0 Å². The first-order valence-electron chi connectivity index (χ1n) is 6.91. The van der Waals surface area contributed by atoms with E-state index in [0.29, 0.717) is 25.2 Å². The molecule has 2 fully saturated rings. The Morgan fingerprint density at radius 3 is 2.75 bits per heavy atom. The van der Waals surface area contributed by atoms with E-state index in [-0.39, 0.29) is 11.8 Å². The molecule has 1 aliphatic carbocycles. The van der Waals surface area contributed by atoms with Gasteiger partial charge in [0.15, 0.2) is 0 Å². The second-order valence-electron chi connectivity index (χ2n) is 5.87.